The Morgan fingerprint density at radius 2 is 1.72 bits per heavy atom. The molecule has 0 spiro atoms. The van der Waals surface area contributed by atoms with Crippen molar-refractivity contribution in [2.24, 2.45) is 5.10 Å². The molecule has 0 unspecified atom stereocenters. The monoisotopic (exact) mass is 499 g/mol. The van der Waals surface area contributed by atoms with E-state index in [9.17, 15) is 9.90 Å². The highest BCUT2D eigenvalue weighted by Gasteiger charge is 2.19. The van der Waals surface area contributed by atoms with Crippen molar-refractivity contribution < 1.29 is 9.90 Å². The third kappa shape index (κ3) is 6.01. The first-order chi connectivity index (χ1) is 17.2. The molecule has 0 radical (unpaired) electrons. The predicted molar refractivity (Wildman–Crippen MR) is 145 cm³/mol. The molecule has 0 aliphatic carbocycles. The van der Waals surface area contributed by atoms with Crippen LogP contribution in [0.25, 0.3) is 17.1 Å². The fourth-order valence-electron chi connectivity index (χ4n) is 3.53. The molecule has 0 aliphatic heterocycles. The lowest BCUT2D eigenvalue weighted by Gasteiger charge is -2.19. The van der Waals surface area contributed by atoms with Gasteiger partial charge in [-0.25, -0.2) is 5.43 Å². The van der Waals surface area contributed by atoms with E-state index in [1.54, 1.807) is 24.3 Å². The number of nitrogens with zero attached hydrogens (tertiary/aromatic N) is 4. The molecule has 0 aliphatic rings. The number of aromatic nitrogens is 3. The largest absolute Gasteiger partial charge is 0.507 e. The van der Waals surface area contributed by atoms with Crippen LogP contribution in [0.3, 0.4) is 0 Å². The van der Waals surface area contributed by atoms with Crippen molar-refractivity contribution in [2.75, 3.05) is 5.75 Å². The van der Waals surface area contributed by atoms with E-state index in [-0.39, 0.29) is 22.8 Å². The Kier molecular flexibility index (Phi) is 7.55. The van der Waals surface area contributed by atoms with E-state index in [1.807, 2.05) is 35.8 Å². The summed E-state index contributed by atoms with van der Waals surface area (Å²) in [5.74, 6) is 0.616. The third-order valence-corrected chi connectivity index (χ3v) is 6.53. The summed E-state index contributed by atoms with van der Waals surface area (Å²) < 4.78 is 1.97. The summed E-state index contributed by atoms with van der Waals surface area (Å²) >= 11 is 1.28. The molecule has 0 bridgehead atoms. The molecule has 184 valence electrons. The van der Waals surface area contributed by atoms with Crippen LogP contribution in [-0.2, 0) is 10.2 Å². The van der Waals surface area contributed by atoms with Crippen LogP contribution < -0.4 is 5.43 Å². The molecule has 0 fully saturated rings. The molecular formula is C28H29N5O2S. The molecule has 8 heteroatoms. The van der Waals surface area contributed by atoms with Crippen LogP contribution in [0, 0.1) is 6.92 Å². The van der Waals surface area contributed by atoms with E-state index in [2.05, 4.69) is 65.8 Å². The van der Waals surface area contributed by atoms with Crippen LogP contribution in [0.15, 0.2) is 83.1 Å². The van der Waals surface area contributed by atoms with Crippen LogP contribution in [0.4, 0.5) is 0 Å². The van der Waals surface area contributed by atoms with Gasteiger partial charge in [-0.15, -0.1) is 10.2 Å². The van der Waals surface area contributed by atoms with Crippen molar-refractivity contribution in [2.45, 2.75) is 38.3 Å². The minimum absolute atomic E-state index is 0.0548. The van der Waals surface area contributed by atoms with Gasteiger partial charge in [0, 0.05) is 16.8 Å². The number of aryl methyl sites for hydroxylation is 1. The molecule has 36 heavy (non-hydrogen) atoms. The number of para-hydroxylation sites is 1. The van der Waals surface area contributed by atoms with Crippen molar-refractivity contribution in [1.82, 2.24) is 20.2 Å². The van der Waals surface area contributed by atoms with Crippen molar-refractivity contribution >= 4 is 23.9 Å². The van der Waals surface area contributed by atoms with E-state index in [4.69, 9.17) is 0 Å². The molecule has 0 saturated heterocycles. The summed E-state index contributed by atoms with van der Waals surface area (Å²) in [5, 5.41) is 23.2. The second-order valence-electron chi connectivity index (χ2n) is 9.45. The van der Waals surface area contributed by atoms with E-state index < -0.39 is 0 Å². The lowest BCUT2D eigenvalue weighted by molar-refractivity contribution is -0.118. The second-order valence-corrected chi connectivity index (χ2v) is 10.4. The number of benzene rings is 3. The SMILES string of the molecule is Cc1ccc(-n2c(SCC(=O)N/N=C\c3ccccc3O)nnc2-c2ccc(C(C)(C)C)cc2)cc1. The van der Waals surface area contributed by atoms with Crippen LogP contribution in [0.5, 0.6) is 5.75 Å². The molecule has 2 N–H and O–H groups in total. The fourth-order valence-corrected chi connectivity index (χ4v) is 4.27. The minimum Gasteiger partial charge on any atom is -0.507 e. The van der Waals surface area contributed by atoms with Gasteiger partial charge < -0.3 is 5.11 Å². The molecule has 4 rings (SSSR count). The lowest BCUT2D eigenvalue weighted by atomic mass is 9.87. The standard InChI is InChI=1S/C28H29N5O2S/c1-19-9-15-23(16-10-19)33-26(20-11-13-22(14-12-20)28(2,3)4)31-32-27(33)36-18-25(35)30-29-17-21-7-5-6-8-24(21)34/h5-17,34H,18H2,1-4H3,(H,30,35)/b29-17-. The number of hydrazone groups is 1. The van der Waals surface area contributed by atoms with E-state index in [0.717, 1.165) is 16.8 Å². The van der Waals surface area contributed by atoms with Crippen molar-refractivity contribution in [3.63, 3.8) is 0 Å². The zero-order valence-corrected chi connectivity index (χ0v) is 21.6. The summed E-state index contributed by atoms with van der Waals surface area (Å²) in [4.78, 5) is 12.4. The molecule has 3 aromatic carbocycles. The Balaban J connectivity index is 1.55. The van der Waals surface area contributed by atoms with Gasteiger partial charge in [0.1, 0.15) is 5.75 Å². The summed E-state index contributed by atoms with van der Waals surface area (Å²) in [7, 11) is 0. The Hall–Kier alpha value is -3.91. The van der Waals surface area contributed by atoms with Crippen molar-refractivity contribution in [1.29, 1.82) is 0 Å². The molecular weight excluding hydrogens is 470 g/mol. The van der Waals surface area contributed by atoms with Crippen LogP contribution in [-0.4, -0.2) is 37.7 Å². The predicted octanol–water partition coefficient (Wildman–Crippen LogP) is 5.49. The van der Waals surface area contributed by atoms with Gasteiger partial charge in [0.25, 0.3) is 5.91 Å². The fraction of sp³-hybridized carbons (Fsp3) is 0.214. The van der Waals surface area contributed by atoms with Gasteiger partial charge >= 0.3 is 0 Å². The normalized spacial score (nSPS) is 11.7. The first-order valence-electron chi connectivity index (χ1n) is 11.6. The quantitative estimate of drug-likeness (QED) is 0.199. The number of amides is 1. The molecule has 1 aromatic heterocycles. The highest BCUT2D eigenvalue weighted by molar-refractivity contribution is 7.99. The number of thioether (sulfide) groups is 1. The van der Waals surface area contributed by atoms with Gasteiger partial charge in [0.2, 0.25) is 0 Å². The van der Waals surface area contributed by atoms with Gasteiger partial charge in [-0.1, -0.05) is 86.6 Å². The number of phenols is 1. The molecule has 1 heterocycles. The molecule has 7 nitrogen and oxygen atoms in total. The maximum absolute atomic E-state index is 12.4. The minimum atomic E-state index is -0.291. The van der Waals surface area contributed by atoms with Gasteiger partial charge in [-0.2, -0.15) is 5.10 Å². The second kappa shape index (κ2) is 10.8. The Labute approximate surface area is 215 Å². The number of aromatic hydroxyl groups is 1. The number of hydrogen-bond donors (Lipinski definition) is 2. The van der Waals surface area contributed by atoms with E-state index >= 15 is 0 Å². The zero-order chi connectivity index (χ0) is 25.7. The van der Waals surface area contributed by atoms with Gasteiger partial charge in [0.05, 0.1) is 12.0 Å². The van der Waals surface area contributed by atoms with E-state index in [1.165, 1.54) is 23.5 Å². The molecule has 4 aromatic rings. The van der Waals surface area contributed by atoms with Crippen LogP contribution >= 0.6 is 11.8 Å². The maximum atomic E-state index is 12.4. The lowest BCUT2D eigenvalue weighted by Crippen LogP contribution is -2.20. The summed E-state index contributed by atoms with van der Waals surface area (Å²) in [6.07, 6.45) is 1.41. The molecule has 1 amide bonds. The average molecular weight is 500 g/mol. The zero-order valence-electron chi connectivity index (χ0n) is 20.8. The Morgan fingerprint density at radius 1 is 1.03 bits per heavy atom. The highest BCUT2D eigenvalue weighted by atomic mass is 32.2. The third-order valence-electron chi connectivity index (χ3n) is 5.60. The summed E-state index contributed by atoms with van der Waals surface area (Å²) in [6, 6.07) is 23.2. The number of carbonyl (C=O) groups is 1. The highest BCUT2D eigenvalue weighted by Crippen LogP contribution is 2.30. The van der Waals surface area contributed by atoms with Crippen LogP contribution in [0.1, 0.15) is 37.5 Å². The topological polar surface area (TPSA) is 92.4 Å². The number of phenolic OH excluding ortho intramolecular Hbond substituents is 1. The van der Waals surface area contributed by atoms with Crippen LogP contribution in [0.2, 0.25) is 0 Å². The molecule has 0 saturated carbocycles. The smallest absolute Gasteiger partial charge is 0.250 e. The maximum Gasteiger partial charge on any atom is 0.250 e. The van der Waals surface area contributed by atoms with Crippen molar-refractivity contribution in [3.8, 4) is 22.8 Å². The van der Waals surface area contributed by atoms with Crippen molar-refractivity contribution in [3.05, 3.63) is 89.5 Å². The Bertz CT molecular complexity index is 1370. The van der Waals surface area contributed by atoms with E-state index in [0.29, 0.717) is 16.5 Å². The van der Waals surface area contributed by atoms with Gasteiger partial charge in [-0.05, 0) is 42.2 Å². The number of hydrogen-bond acceptors (Lipinski definition) is 6. The Morgan fingerprint density at radius 3 is 2.39 bits per heavy atom. The summed E-state index contributed by atoms with van der Waals surface area (Å²) in [6.45, 7) is 8.59. The number of nitrogens with one attached hydrogen (secondary N) is 1. The van der Waals surface area contributed by atoms with Gasteiger partial charge in [-0.3, -0.25) is 9.36 Å². The molecule has 0 atom stereocenters. The number of rotatable bonds is 7. The summed E-state index contributed by atoms with van der Waals surface area (Å²) in [5.41, 5.74) is 7.32. The average Bonchev–Trinajstić information content (AvgIpc) is 3.28. The first kappa shape index (κ1) is 25.2. The number of carbonyl (C=O) groups excluding carboxylic acids is 1. The first-order valence-corrected chi connectivity index (χ1v) is 12.6. The van der Waals surface area contributed by atoms with Gasteiger partial charge in [0.15, 0.2) is 11.0 Å².